The van der Waals surface area contributed by atoms with Crippen LogP contribution in [0.15, 0.2) is 53.0 Å². The minimum absolute atomic E-state index is 0.365. The Morgan fingerprint density at radius 3 is 2.45 bits per heavy atom. The minimum Gasteiger partial charge on any atom is -0.497 e. The van der Waals surface area contributed by atoms with Gasteiger partial charge in [-0.25, -0.2) is 0 Å². The van der Waals surface area contributed by atoms with E-state index in [0.717, 1.165) is 34.2 Å². The van der Waals surface area contributed by atoms with Crippen LogP contribution in [0.2, 0.25) is 0 Å². The van der Waals surface area contributed by atoms with Crippen molar-refractivity contribution in [3.05, 3.63) is 64.1 Å². The summed E-state index contributed by atoms with van der Waals surface area (Å²) in [5.41, 5.74) is 8.61. The van der Waals surface area contributed by atoms with Crippen molar-refractivity contribution >= 4 is 15.9 Å². The highest BCUT2D eigenvalue weighted by Gasteiger charge is 2.26. The molecule has 0 aliphatic heterocycles. The highest BCUT2D eigenvalue weighted by Crippen LogP contribution is 2.31. The predicted molar refractivity (Wildman–Crippen MR) is 87.0 cm³/mol. The van der Waals surface area contributed by atoms with Gasteiger partial charge in [-0.1, -0.05) is 53.2 Å². The first-order chi connectivity index (χ1) is 9.59. The van der Waals surface area contributed by atoms with Crippen LogP contribution in [0.1, 0.15) is 24.5 Å². The van der Waals surface area contributed by atoms with Gasteiger partial charge in [-0.05, 0) is 42.2 Å². The molecule has 0 saturated heterocycles. The Morgan fingerprint density at radius 1 is 1.15 bits per heavy atom. The molecular formula is C17H20BrNO. The molecule has 0 aliphatic carbocycles. The lowest BCUT2D eigenvalue weighted by Gasteiger charge is -2.29. The van der Waals surface area contributed by atoms with Gasteiger partial charge in [0, 0.05) is 10.0 Å². The summed E-state index contributed by atoms with van der Waals surface area (Å²) in [5, 5.41) is 0. The van der Waals surface area contributed by atoms with Crippen molar-refractivity contribution in [1.29, 1.82) is 0 Å². The SMILES string of the molecule is CCC(N)(Cc1cc(OC)ccc1Br)c1ccccc1. The molecule has 0 fully saturated rings. The van der Waals surface area contributed by atoms with E-state index in [-0.39, 0.29) is 5.54 Å². The Kier molecular flexibility index (Phi) is 4.84. The molecule has 2 aromatic carbocycles. The van der Waals surface area contributed by atoms with E-state index in [4.69, 9.17) is 10.5 Å². The number of hydrogen-bond acceptors (Lipinski definition) is 2. The second-order valence-electron chi connectivity index (χ2n) is 5.01. The molecule has 2 rings (SSSR count). The van der Waals surface area contributed by atoms with E-state index in [0.29, 0.717) is 0 Å². The van der Waals surface area contributed by atoms with Crippen LogP contribution in [0.5, 0.6) is 5.75 Å². The molecule has 0 bridgehead atoms. The Bertz CT molecular complexity index is 570. The number of hydrogen-bond donors (Lipinski definition) is 1. The summed E-state index contributed by atoms with van der Waals surface area (Å²) >= 11 is 3.60. The van der Waals surface area contributed by atoms with Crippen LogP contribution in [0, 0.1) is 0 Å². The van der Waals surface area contributed by atoms with Crippen molar-refractivity contribution in [3.8, 4) is 5.75 Å². The summed E-state index contributed by atoms with van der Waals surface area (Å²) in [5.74, 6) is 0.856. The van der Waals surface area contributed by atoms with Crippen molar-refractivity contribution in [2.45, 2.75) is 25.3 Å². The average Bonchev–Trinajstić information content (AvgIpc) is 2.50. The van der Waals surface area contributed by atoms with Gasteiger partial charge in [-0.3, -0.25) is 0 Å². The topological polar surface area (TPSA) is 35.2 Å². The van der Waals surface area contributed by atoms with Gasteiger partial charge in [-0.2, -0.15) is 0 Å². The fourth-order valence-electron chi connectivity index (χ4n) is 2.35. The van der Waals surface area contributed by atoms with Gasteiger partial charge < -0.3 is 10.5 Å². The maximum atomic E-state index is 6.65. The van der Waals surface area contributed by atoms with Crippen LogP contribution in [0.4, 0.5) is 0 Å². The van der Waals surface area contributed by atoms with Crippen molar-refractivity contribution in [2.24, 2.45) is 5.73 Å². The summed E-state index contributed by atoms with van der Waals surface area (Å²) in [6.07, 6.45) is 1.64. The first-order valence-electron chi connectivity index (χ1n) is 6.76. The molecule has 2 aromatic rings. The van der Waals surface area contributed by atoms with E-state index >= 15 is 0 Å². The van der Waals surface area contributed by atoms with Crippen LogP contribution in [-0.4, -0.2) is 7.11 Å². The molecule has 3 heteroatoms. The third-order valence-corrected chi connectivity index (χ3v) is 4.51. The highest BCUT2D eigenvalue weighted by atomic mass is 79.9. The molecule has 2 N–H and O–H groups in total. The zero-order chi connectivity index (χ0) is 14.6. The number of benzene rings is 2. The summed E-state index contributed by atoms with van der Waals surface area (Å²) in [4.78, 5) is 0. The second-order valence-corrected chi connectivity index (χ2v) is 5.86. The maximum absolute atomic E-state index is 6.65. The van der Waals surface area contributed by atoms with Gasteiger partial charge in [0.2, 0.25) is 0 Å². The Labute approximate surface area is 129 Å². The first-order valence-corrected chi connectivity index (χ1v) is 7.55. The average molecular weight is 334 g/mol. The van der Waals surface area contributed by atoms with Crippen LogP contribution in [0.25, 0.3) is 0 Å². The normalized spacial score (nSPS) is 13.8. The Balaban J connectivity index is 2.35. The molecule has 1 unspecified atom stereocenters. The summed E-state index contributed by atoms with van der Waals surface area (Å²) in [7, 11) is 1.68. The van der Waals surface area contributed by atoms with Crippen molar-refractivity contribution in [1.82, 2.24) is 0 Å². The smallest absolute Gasteiger partial charge is 0.119 e. The number of rotatable bonds is 5. The molecule has 0 aromatic heterocycles. The molecule has 0 spiro atoms. The molecule has 20 heavy (non-hydrogen) atoms. The highest BCUT2D eigenvalue weighted by molar-refractivity contribution is 9.10. The van der Waals surface area contributed by atoms with Gasteiger partial charge in [0.25, 0.3) is 0 Å². The molecule has 0 aliphatic rings. The van der Waals surface area contributed by atoms with Gasteiger partial charge in [0.1, 0.15) is 5.75 Å². The lowest BCUT2D eigenvalue weighted by Crippen LogP contribution is -2.38. The van der Waals surface area contributed by atoms with E-state index in [2.05, 4.69) is 35.0 Å². The fourth-order valence-corrected chi connectivity index (χ4v) is 2.74. The van der Waals surface area contributed by atoms with Crippen LogP contribution in [0.3, 0.4) is 0 Å². The second kappa shape index (κ2) is 6.42. The lowest BCUT2D eigenvalue weighted by atomic mass is 9.82. The maximum Gasteiger partial charge on any atom is 0.119 e. The third-order valence-electron chi connectivity index (χ3n) is 3.74. The lowest BCUT2D eigenvalue weighted by molar-refractivity contribution is 0.407. The van der Waals surface area contributed by atoms with E-state index in [1.165, 1.54) is 0 Å². The summed E-state index contributed by atoms with van der Waals surface area (Å²) < 4.78 is 6.37. The molecule has 0 amide bonds. The number of ether oxygens (including phenoxy) is 1. The third kappa shape index (κ3) is 3.22. The predicted octanol–water partition coefficient (Wildman–Crippen LogP) is 4.26. The summed E-state index contributed by atoms with van der Waals surface area (Å²) in [6, 6.07) is 16.3. The van der Waals surface area contributed by atoms with Gasteiger partial charge in [0.15, 0.2) is 0 Å². The molecular weight excluding hydrogens is 314 g/mol. The van der Waals surface area contributed by atoms with Gasteiger partial charge in [0.05, 0.1) is 7.11 Å². The summed E-state index contributed by atoms with van der Waals surface area (Å²) in [6.45, 7) is 2.13. The molecule has 1 atom stereocenters. The van der Waals surface area contributed by atoms with Crippen molar-refractivity contribution in [2.75, 3.05) is 7.11 Å². The van der Waals surface area contributed by atoms with E-state index in [9.17, 15) is 0 Å². The Hall–Kier alpha value is -1.32. The van der Waals surface area contributed by atoms with Crippen LogP contribution >= 0.6 is 15.9 Å². The molecule has 0 saturated carbocycles. The monoisotopic (exact) mass is 333 g/mol. The number of halogens is 1. The van der Waals surface area contributed by atoms with E-state index in [1.54, 1.807) is 7.11 Å². The largest absolute Gasteiger partial charge is 0.497 e. The molecule has 0 heterocycles. The quantitative estimate of drug-likeness (QED) is 0.886. The number of nitrogens with two attached hydrogens (primary N) is 1. The van der Waals surface area contributed by atoms with Crippen molar-refractivity contribution < 1.29 is 4.74 Å². The standard InChI is InChI=1S/C17H20BrNO/c1-3-17(19,14-7-5-4-6-8-14)12-13-11-15(20-2)9-10-16(13)18/h4-11H,3,12,19H2,1-2H3. The van der Waals surface area contributed by atoms with E-state index < -0.39 is 0 Å². The van der Waals surface area contributed by atoms with Gasteiger partial charge in [-0.15, -0.1) is 0 Å². The zero-order valence-electron chi connectivity index (χ0n) is 11.9. The fraction of sp³-hybridized carbons (Fsp3) is 0.294. The van der Waals surface area contributed by atoms with E-state index in [1.807, 2.05) is 36.4 Å². The number of methoxy groups -OCH3 is 1. The molecule has 2 nitrogen and oxygen atoms in total. The zero-order valence-corrected chi connectivity index (χ0v) is 13.5. The molecule has 106 valence electrons. The van der Waals surface area contributed by atoms with Crippen LogP contribution < -0.4 is 10.5 Å². The Morgan fingerprint density at radius 2 is 1.85 bits per heavy atom. The van der Waals surface area contributed by atoms with Gasteiger partial charge >= 0.3 is 0 Å². The minimum atomic E-state index is -0.365. The molecule has 0 radical (unpaired) electrons. The van der Waals surface area contributed by atoms with Crippen LogP contribution in [-0.2, 0) is 12.0 Å². The first kappa shape index (κ1) is 15.1. The van der Waals surface area contributed by atoms with Crippen molar-refractivity contribution in [3.63, 3.8) is 0 Å².